The molecular weight excluding hydrogens is 985 g/mol. The van der Waals surface area contributed by atoms with E-state index in [0.29, 0.717) is 0 Å². The molecule has 0 aliphatic rings. The Bertz CT molecular complexity index is 4540. The third kappa shape index (κ3) is 6.89. The van der Waals surface area contributed by atoms with Crippen molar-refractivity contribution >= 4 is 129 Å². The molecule has 10 aromatic carbocycles. The van der Waals surface area contributed by atoms with E-state index >= 15 is 0 Å². The van der Waals surface area contributed by atoms with Gasteiger partial charge in [0.25, 0.3) is 0 Å². The van der Waals surface area contributed by atoms with Crippen LogP contribution in [0, 0.1) is 41.5 Å². The van der Waals surface area contributed by atoms with E-state index in [-0.39, 0.29) is 0 Å². The number of thiophene rings is 4. The van der Waals surface area contributed by atoms with Gasteiger partial charge in [-0.2, -0.15) is 20.4 Å². The van der Waals surface area contributed by atoms with Gasteiger partial charge in [0.15, 0.2) is 0 Å². The first-order chi connectivity index (χ1) is 36.0. The van der Waals surface area contributed by atoms with Crippen LogP contribution in [0.15, 0.2) is 154 Å². The molecule has 74 heavy (non-hydrogen) atoms. The number of nitrogens with zero attached hydrogens (tertiary/aromatic N) is 4. The van der Waals surface area contributed by atoms with Crippen molar-refractivity contribution in [2.75, 3.05) is 0 Å². The first-order valence-electron chi connectivity index (χ1n) is 24.3. The summed E-state index contributed by atoms with van der Waals surface area (Å²) in [6.07, 6.45) is 0. The van der Waals surface area contributed by atoms with E-state index in [9.17, 15) is 0 Å². The lowest BCUT2D eigenvalue weighted by molar-refractivity contribution is 1.17. The summed E-state index contributed by atoms with van der Waals surface area (Å²) >= 11 is 7.16. The van der Waals surface area contributed by atoms with Crippen molar-refractivity contribution < 1.29 is 0 Å². The first-order valence-corrected chi connectivity index (χ1v) is 27.6. The number of hydrogen-bond acceptors (Lipinski definition) is 12. The highest BCUT2D eigenvalue weighted by molar-refractivity contribution is 7.24. The lowest BCUT2D eigenvalue weighted by Crippen LogP contribution is -2.07. The van der Waals surface area contributed by atoms with Crippen LogP contribution in [0.3, 0.4) is 0 Å². The average molecular weight is 1030 g/mol. The molecule has 4 aromatic heterocycles. The van der Waals surface area contributed by atoms with Crippen molar-refractivity contribution in [3.8, 4) is 41.8 Å². The molecule has 0 aliphatic heterocycles. The molecule has 0 unspecified atom stereocenters. The van der Waals surface area contributed by atoms with Gasteiger partial charge in [0, 0.05) is 103 Å². The Labute approximate surface area is 441 Å². The lowest BCUT2D eigenvalue weighted by Gasteiger charge is -2.07. The summed E-state index contributed by atoms with van der Waals surface area (Å²) in [6, 6.07) is 47.9. The highest BCUT2D eigenvalue weighted by atomic mass is 32.1. The molecule has 12 heteroatoms. The molecule has 0 amide bonds. The fourth-order valence-electron chi connectivity index (χ4n) is 11.1. The average Bonchev–Trinajstić information content (AvgIpc) is 4.30. The second kappa shape index (κ2) is 17.3. The summed E-state index contributed by atoms with van der Waals surface area (Å²) in [5.74, 6) is 24.1. The van der Waals surface area contributed by atoms with E-state index in [1.807, 2.05) is 0 Å². The van der Waals surface area contributed by atoms with Gasteiger partial charge in [-0.05, 0) is 111 Å². The molecule has 8 N–H and O–H groups in total. The molecule has 0 saturated heterocycles. The van der Waals surface area contributed by atoms with E-state index < -0.39 is 0 Å². The maximum Gasteiger partial charge on any atom is 0.0995 e. The van der Waals surface area contributed by atoms with Crippen LogP contribution in [0.25, 0.3) is 125 Å². The van der Waals surface area contributed by atoms with Gasteiger partial charge < -0.3 is 23.4 Å². The van der Waals surface area contributed by atoms with Crippen LogP contribution >= 0.6 is 45.3 Å². The Morgan fingerprint density at radius 1 is 0.270 bits per heavy atom. The Balaban J connectivity index is 0.000000143. The molecule has 8 nitrogen and oxygen atoms in total. The minimum absolute atomic E-state index is 0.840. The monoisotopic (exact) mass is 1030 g/mol. The Hall–Kier alpha value is -8.00. The fraction of sp³-hybridized carbons (Fsp3) is 0.0968. The van der Waals surface area contributed by atoms with Crippen LogP contribution in [0.4, 0.5) is 0 Å². The summed E-state index contributed by atoms with van der Waals surface area (Å²) in [6.45, 7) is 12.8. The summed E-state index contributed by atoms with van der Waals surface area (Å²) in [5.41, 5.74) is 12.2. The van der Waals surface area contributed by atoms with Crippen molar-refractivity contribution in [2.45, 2.75) is 41.5 Å². The molecule has 0 fully saturated rings. The van der Waals surface area contributed by atoms with Gasteiger partial charge in [0.1, 0.15) is 0 Å². The minimum atomic E-state index is 0.840. The molecular formula is C62H48N8S4. The van der Waals surface area contributed by atoms with Crippen molar-refractivity contribution in [2.24, 2.45) is 43.8 Å². The van der Waals surface area contributed by atoms with Gasteiger partial charge in [0.05, 0.1) is 21.4 Å². The van der Waals surface area contributed by atoms with Crippen LogP contribution < -0.4 is 44.8 Å². The van der Waals surface area contributed by atoms with Gasteiger partial charge in [-0.25, -0.2) is 0 Å². The van der Waals surface area contributed by atoms with Crippen molar-refractivity contribution in [3.05, 3.63) is 188 Å². The molecule has 14 aromatic rings. The largest absolute Gasteiger partial charge is 0.323 e. The zero-order valence-corrected chi connectivity index (χ0v) is 44.7. The Morgan fingerprint density at radius 2 is 0.527 bits per heavy atom. The third-order valence-corrected chi connectivity index (χ3v) is 19.7. The minimum Gasteiger partial charge on any atom is -0.323 e. The smallest absolute Gasteiger partial charge is 0.0995 e. The number of aryl methyl sites for hydroxylation is 6. The summed E-state index contributed by atoms with van der Waals surface area (Å²) in [4.78, 5) is 4.85. The molecule has 360 valence electrons. The van der Waals surface area contributed by atoms with Crippen LogP contribution in [-0.4, -0.2) is 0 Å². The highest BCUT2D eigenvalue weighted by Crippen LogP contribution is 2.47. The Kier molecular flexibility index (Phi) is 10.7. The summed E-state index contributed by atoms with van der Waals surface area (Å²) in [5, 5.41) is 34.1. The van der Waals surface area contributed by atoms with E-state index in [1.165, 1.54) is 105 Å². The summed E-state index contributed by atoms with van der Waals surface area (Å²) in [7, 11) is 0. The number of rotatable bonds is 4. The molecule has 0 bridgehead atoms. The highest BCUT2D eigenvalue weighted by Gasteiger charge is 2.25. The van der Waals surface area contributed by atoms with Gasteiger partial charge >= 0.3 is 0 Å². The normalized spacial score (nSPS) is 13.3. The topological polar surface area (TPSA) is 154 Å². The zero-order valence-electron chi connectivity index (χ0n) is 41.4. The fourth-order valence-corrected chi connectivity index (χ4v) is 16.0. The molecule has 0 spiro atoms. The lowest BCUT2D eigenvalue weighted by atomic mass is 9.98. The number of nitrogens with two attached hydrogens (primary N) is 4. The van der Waals surface area contributed by atoms with E-state index in [1.54, 1.807) is 45.3 Å². The van der Waals surface area contributed by atoms with E-state index in [4.69, 9.17) is 23.4 Å². The standard InChI is InChI=1S/C32H26N4S2.C30H22N4S2/c1-15-5-9-19(10-6-15)23-13-21-29(35-33)25-18(4)28-26(17(3)27(25)31(21)37-23)30(36-34)22-14-24(38-32(22)28)20-11-7-16(2)8-12-20;1-15-3-7-17(8-4-15)25-13-23-27(33-31)19-12-22-20(11-21(19)29(23)35-25)28(34-32)24-14-26(36-30(22)24)18-9-5-16(2)6-10-18/h5-14H,33-34H2,1-4H3;3-14H,31-32H2,1-2H3/b35-29+,36-30+;33-27-,34-28-. The Morgan fingerprint density at radius 3 is 0.797 bits per heavy atom. The molecule has 14 rings (SSSR count). The van der Waals surface area contributed by atoms with Crippen LogP contribution in [0.1, 0.15) is 33.4 Å². The van der Waals surface area contributed by atoms with Gasteiger partial charge in [-0.15, -0.1) is 45.3 Å². The summed E-state index contributed by atoms with van der Waals surface area (Å²) < 4.78 is 4.82. The number of fused-ring (bicyclic) bond motifs is 12. The second-order valence-electron chi connectivity index (χ2n) is 19.5. The van der Waals surface area contributed by atoms with Crippen LogP contribution in [-0.2, 0) is 0 Å². The van der Waals surface area contributed by atoms with Gasteiger partial charge in [0.2, 0.25) is 0 Å². The quantitative estimate of drug-likeness (QED) is 0.102. The van der Waals surface area contributed by atoms with Crippen molar-refractivity contribution in [1.82, 2.24) is 0 Å². The second-order valence-corrected chi connectivity index (χ2v) is 23.7. The SMILES string of the molecule is Cc1ccc(-c2cc3/c(=N\N)c4c(C)c5c(c(C)c4c3s2)/c(=N/N)c2cc(-c3ccc(C)cc3)sc25)cc1.Cc1ccc(-c2cc3/c(=N\N)c4cc5c(cc4c3s2)/c(=N/N)c2cc(-c3ccc(C)cc3)sc25)cc1. The van der Waals surface area contributed by atoms with Crippen molar-refractivity contribution in [3.63, 3.8) is 0 Å². The molecule has 0 saturated carbocycles. The molecule has 0 radical (unpaired) electrons. The number of hydrogen-bond donors (Lipinski definition) is 4. The van der Waals surface area contributed by atoms with E-state index in [0.717, 1.165) is 75.3 Å². The first kappa shape index (κ1) is 45.8. The maximum absolute atomic E-state index is 6.09. The molecule has 4 heterocycles. The third-order valence-electron chi connectivity index (χ3n) is 14.9. The molecule has 0 atom stereocenters. The van der Waals surface area contributed by atoms with Crippen LogP contribution in [0.5, 0.6) is 0 Å². The van der Waals surface area contributed by atoms with Crippen molar-refractivity contribution in [1.29, 1.82) is 0 Å². The predicted molar refractivity (Wildman–Crippen MR) is 318 cm³/mol. The maximum atomic E-state index is 6.09. The number of benzene rings is 6. The zero-order chi connectivity index (χ0) is 50.8. The van der Waals surface area contributed by atoms with Crippen LogP contribution in [0.2, 0.25) is 0 Å². The van der Waals surface area contributed by atoms with E-state index in [2.05, 4.69) is 195 Å². The van der Waals surface area contributed by atoms with Gasteiger partial charge in [-0.1, -0.05) is 119 Å². The van der Waals surface area contributed by atoms with Gasteiger partial charge in [-0.3, -0.25) is 0 Å². The molecule has 0 aliphatic carbocycles. The predicted octanol–water partition coefficient (Wildman–Crippen LogP) is 14.2.